The van der Waals surface area contributed by atoms with E-state index in [0.717, 1.165) is 0 Å². The molecule has 0 aliphatic carbocycles. The molecule has 2 heteroatoms. The van der Waals surface area contributed by atoms with Crippen LogP contribution in [0.25, 0.3) is 0 Å². The molecule has 0 bridgehead atoms. The van der Waals surface area contributed by atoms with Crippen LogP contribution >= 0.6 is 0 Å². The summed E-state index contributed by atoms with van der Waals surface area (Å²) in [6.07, 6.45) is 21.9. The van der Waals surface area contributed by atoms with E-state index in [1.807, 2.05) is 0 Å². The predicted molar refractivity (Wildman–Crippen MR) is 109 cm³/mol. The molecule has 0 spiro atoms. The topological polar surface area (TPSA) is 6.48 Å². The minimum absolute atomic E-state index is 1.22. The van der Waals surface area contributed by atoms with Gasteiger partial charge in [0.05, 0.1) is 6.67 Å². The molecule has 1 aliphatic rings. The molecule has 1 saturated heterocycles. The van der Waals surface area contributed by atoms with E-state index in [2.05, 4.69) is 23.6 Å². The van der Waals surface area contributed by atoms with Gasteiger partial charge >= 0.3 is 0 Å². The van der Waals surface area contributed by atoms with E-state index >= 15 is 0 Å². The maximum absolute atomic E-state index is 2.63. The van der Waals surface area contributed by atoms with Gasteiger partial charge in [-0.05, 0) is 19.5 Å². The van der Waals surface area contributed by atoms with Gasteiger partial charge < -0.3 is 0 Å². The van der Waals surface area contributed by atoms with Crippen molar-refractivity contribution in [2.45, 2.75) is 110 Å². The van der Waals surface area contributed by atoms with Crippen LogP contribution in [0.3, 0.4) is 0 Å². The smallest absolute Gasteiger partial charge is 0.0507 e. The molecule has 0 unspecified atom stereocenters. The van der Waals surface area contributed by atoms with Gasteiger partial charge in [0.2, 0.25) is 0 Å². The highest BCUT2D eigenvalue weighted by Crippen LogP contribution is 2.14. The summed E-state index contributed by atoms with van der Waals surface area (Å²) in [7, 11) is 0. The fourth-order valence-electron chi connectivity index (χ4n) is 3.85. The summed E-state index contributed by atoms with van der Waals surface area (Å²) in [5.41, 5.74) is 0. The van der Waals surface area contributed by atoms with E-state index in [4.69, 9.17) is 0 Å². The Hall–Kier alpha value is -0.0800. The summed E-state index contributed by atoms with van der Waals surface area (Å²) in [6, 6.07) is 0. The molecule has 0 radical (unpaired) electrons. The van der Waals surface area contributed by atoms with Crippen LogP contribution in [-0.2, 0) is 0 Å². The molecule has 24 heavy (non-hydrogen) atoms. The monoisotopic (exact) mass is 338 g/mol. The van der Waals surface area contributed by atoms with Crippen LogP contribution in [0.1, 0.15) is 110 Å². The molecule has 144 valence electrons. The number of hydrogen-bond donors (Lipinski definition) is 0. The van der Waals surface area contributed by atoms with Gasteiger partial charge in [0.25, 0.3) is 0 Å². The minimum Gasteiger partial charge on any atom is -0.289 e. The van der Waals surface area contributed by atoms with Crippen molar-refractivity contribution in [2.75, 3.05) is 32.8 Å². The van der Waals surface area contributed by atoms with Crippen molar-refractivity contribution in [3.05, 3.63) is 0 Å². The SMILES string of the molecule is CCCCCCCCCCCCCCCCCN1CCN(CC)C1. The van der Waals surface area contributed by atoms with Crippen LogP contribution in [0, 0.1) is 0 Å². The second-order valence-corrected chi connectivity index (χ2v) is 7.92. The molecule has 1 fully saturated rings. The standard InChI is InChI=1S/C22H46N2/c1-3-5-6-7-8-9-10-11-12-13-14-15-16-17-18-19-24-21-20-23(4-2)22-24/h3-22H2,1-2H3. The number of nitrogens with zero attached hydrogens (tertiary/aromatic N) is 2. The highest BCUT2D eigenvalue weighted by Gasteiger charge is 2.16. The zero-order valence-electron chi connectivity index (χ0n) is 17.0. The van der Waals surface area contributed by atoms with Crippen molar-refractivity contribution in [1.82, 2.24) is 9.80 Å². The van der Waals surface area contributed by atoms with Gasteiger partial charge in [0.1, 0.15) is 0 Å². The third-order valence-corrected chi connectivity index (χ3v) is 5.66. The summed E-state index contributed by atoms with van der Waals surface area (Å²) in [6.45, 7) is 10.9. The van der Waals surface area contributed by atoms with Crippen LogP contribution in [0.15, 0.2) is 0 Å². The first-order valence-corrected chi connectivity index (χ1v) is 11.3. The molecule has 0 aromatic carbocycles. The molecule has 0 N–H and O–H groups in total. The Morgan fingerprint density at radius 3 is 1.33 bits per heavy atom. The van der Waals surface area contributed by atoms with Gasteiger partial charge in [-0.15, -0.1) is 0 Å². The number of rotatable bonds is 17. The zero-order chi connectivity index (χ0) is 17.3. The first-order valence-electron chi connectivity index (χ1n) is 11.3. The van der Waals surface area contributed by atoms with Gasteiger partial charge in [-0.3, -0.25) is 9.80 Å². The average molecular weight is 339 g/mol. The zero-order valence-corrected chi connectivity index (χ0v) is 17.0. The molecule has 0 amide bonds. The van der Waals surface area contributed by atoms with E-state index in [1.165, 1.54) is 129 Å². The lowest BCUT2D eigenvalue weighted by molar-refractivity contribution is 0.249. The normalized spacial score (nSPS) is 16.2. The molecular formula is C22H46N2. The van der Waals surface area contributed by atoms with Crippen LogP contribution in [0.5, 0.6) is 0 Å². The molecular weight excluding hydrogens is 292 g/mol. The lowest BCUT2D eigenvalue weighted by Crippen LogP contribution is -2.26. The summed E-state index contributed by atoms with van der Waals surface area (Å²) in [5.74, 6) is 0. The van der Waals surface area contributed by atoms with Gasteiger partial charge in [-0.25, -0.2) is 0 Å². The summed E-state index contributed by atoms with van der Waals surface area (Å²) in [4.78, 5) is 5.18. The van der Waals surface area contributed by atoms with Crippen molar-refractivity contribution < 1.29 is 0 Å². The molecule has 1 heterocycles. The Labute approximate surface area is 153 Å². The van der Waals surface area contributed by atoms with E-state index in [1.54, 1.807) is 0 Å². The number of likely N-dealkylation sites (N-methyl/N-ethyl adjacent to an activating group) is 1. The third-order valence-electron chi connectivity index (χ3n) is 5.66. The van der Waals surface area contributed by atoms with Crippen LogP contribution in [0.2, 0.25) is 0 Å². The van der Waals surface area contributed by atoms with Crippen LogP contribution in [0.4, 0.5) is 0 Å². The van der Waals surface area contributed by atoms with E-state index in [-0.39, 0.29) is 0 Å². The molecule has 0 atom stereocenters. The molecule has 0 aromatic heterocycles. The second kappa shape index (κ2) is 16.4. The summed E-state index contributed by atoms with van der Waals surface area (Å²) < 4.78 is 0. The van der Waals surface area contributed by atoms with Crippen LogP contribution in [-0.4, -0.2) is 42.6 Å². The van der Waals surface area contributed by atoms with Gasteiger partial charge in [-0.1, -0.05) is 104 Å². The lowest BCUT2D eigenvalue weighted by Gasteiger charge is -2.16. The Kier molecular flexibility index (Phi) is 15.0. The Morgan fingerprint density at radius 1 is 0.500 bits per heavy atom. The quantitative estimate of drug-likeness (QED) is 0.281. The molecule has 1 aliphatic heterocycles. The van der Waals surface area contributed by atoms with E-state index in [0.29, 0.717) is 0 Å². The lowest BCUT2D eigenvalue weighted by atomic mass is 10.0. The van der Waals surface area contributed by atoms with Crippen molar-refractivity contribution in [3.8, 4) is 0 Å². The number of hydrogen-bond acceptors (Lipinski definition) is 2. The van der Waals surface area contributed by atoms with Gasteiger partial charge in [0, 0.05) is 13.1 Å². The Bertz CT molecular complexity index is 254. The fourth-order valence-corrected chi connectivity index (χ4v) is 3.85. The summed E-state index contributed by atoms with van der Waals surface area (Å²) >= 11 is 0. The molecule has 2 nitrogen and oxygen atoms in total. The largest absolute Gasteiger partial charge is 0.289 e. The first-order chi connectivity index (χ1) is 11.9. The molecule has 1 rings (SSSR count). The second-order valence-electron chi connectivity index (χ2n) is 7.92. The highest BCUT2D eigenvalue weighted by molar-refractivity contribution is 4.69. The molecule has 0 aromatic rings. The van der Waals surface area contributed by atoms with Crippen molar-refractivity contribution in [1.29, 1.82) is 0 Å². The average Bonchev–Trinajstić information content (AvgIpc) is 3.06. The van der Waals surface area contributed by atoms with Crippen molar-refractivity contribution in [3.63, 3.8) is 0 Å². The van der Waals surface area contributed by atoms with Crippen molar-refractivity contribution in [2.24, 2.45) is 0 Å². The third kappa shape index (κ3) is 12.3. The maximum atomic E-state index is 2.63. The predicted octanol–water partition coefficient (Wildman–Crippen LogP) is 6.45. The maximum Gasteiger partial charge on any atom is 0.0507 e. The fraction of sp³-hybridized carbons (Fsp3) is 1.00. The number of unbranched alkanes of at least 4 members (excludes halogenated alkanes) is 14. The Balaban J connectivity index is 1.69. The summed E-state index contributed by atoms with van der Waals surface area (Å²) in [5, 5.41) is 0. The highest BCUT2D eigenvalue weighted by atomic mass is 15.4. The minimum atomic E-state index is 1.22. The van der Waals surface area contributed by atoms with Crippen LogP contribution < -0.4 is 0 Å². The van der Waals surface area contributed by atoms with Gasteiger partial charge in [-0.2, -0.15) is 0 Å². The first kappa shape index (κ1) is 22.0. The Morgan fingerprint density at radius 2 is 0.917 bits per heavy atom. The molecule has 0 saturated carbocycles. The van der Waals surface area contributed by atoms with Gasteiger partial charge in [0.15, 0.2) is 0 Å². The van der Waals surface area contributed by atoms with Crippen molar-refractivity contribution >= 4 is 0 Å². The van der Waals surface area contributed by atoms with E-state index < -0.39 is 0 Å². The van der Waals surface area contributed by atoms with E-state index in [9.17, 15) is 0 Å².